The Bertz CT molecular complexity index is 868. The lowest BCUT2D eigenvalue weighted by Gasteiger charge is -2.08. The Morgan fingerprint density at radius 2 is 1.56 bits per heavy atom. The Kier molecular flexibility index (Phi) is 4.75. The van der Waals surface area contributed by atoms with E-state index in [0.29, 0.717) is 4.90 Å². The summed E-state index contributed by atoms with van der Waals surface area (Å²) in [5, 5.41) is 0. The van der Waals surface area contributed by atoms with Crippen molar-refractivity contribution in [1.82, 2.24) is 4.31 Å². The summed E-state index contributed by atoms with van der Waals surface area (Å²) < 4.78 is 27.9. The number of hydrogen-bond acceptors (Lipinski definition) is 2. The lowest BCUT2D eigenvalue weighted by Crippen LogP contribution is -2.17. The van der Waals surface area contributed by atoms with Crippen LogP contribution in [-0.4, -0.2) is 26.8 Å². The first-order valence-electron chi connectivity index (χ1n) is 8.55. The van der Waals surface area contributed by atoms with Gasteiger partial charge in [-0.2, -0.15) is 4.31 Å². The van der Waals surface area contributed by atoms with Gasteiger partial charge in [-0.1, -0.05) is 79.4 Å². The summed E-state index contributed by atoms with van der Waals surface area (Å²) in [5.41, 5.74) is 4.33. The molecule has 0 bridgehead atoms. The maximum Gasteiger partial charge on any atom is 0.244 e. The molecule has 2 aromatic carbocycles. The highest BCUT2D eigenvalue weighted by atomic mass is 32.2. The predicted octanol–water partition coefficient (Wildman–Crippen LogP) is 4.54. The number of aryl methyl sites for hydroxylation is 1. The largest absolute Gasteiger partial charge is 0.244 e. The standard InChI is InChI=1S/C20H25NO2SSi/c1-16-10-12-18(13-11-16)24(22,23)21-19(14-15-25(2,3)4)20(21)17-8-6-5-7-9-17/h5-15,19-20H,1-4H3/b15-14+. The van der Waals surface area contributed by atoms with Crippen LogP contribution in [0.25, 0.3) is 0 Å². The third-order valence-corrected chi connectivity index (χ3v) is 7.42. The van der Waals surface area contributed by atoms with Gasteiger partial charge in [0.2, 0.25) is 10.0 Å². The average Bonchev–Trinajstić information content (AvgIpc) is 3.29. The highest BCUT2D eigenvalue weighted by molar-refractivity contribution is 7.89. The minimum Gasteiger partial charge on any atom is -0.207 e. The number of hydrogen-bond donors (Lipinski definition) is 0. The summed E-state index contributed by atoms with van der Waals surface area (Å²) in [7, 11) is -4.89. The summed E-state index contributed by atoms with van der Waals surface area (Å²) >= 11 is 0. The van der Waals surface area contributed by atoms with Crippen LogP contribution in [0, 0.1) is 6.92 Å². The van der Waals surface area contributed by atoms with E-state index in [2.05, 4.69) is 31.4 Å². The van der Waals surface area contributed by atoms with Crippen molar-refractivity contribution >= 4 is 18.1 Å². The van der Waals surface area contributed by atoms with Crippen LogP contribution in [0.1, 0.15) is 17.2 Å². The summed E-state index contributed by atoms with van der Waals surface area (Å²) in [5.74, 6) is 0. The molecule has 0 saturated carbocycles. The van der Waals surface area contributed by atoms with Gasteiger partial charge in [0.05, 0.1) is 25.1 Å². The Labute approximate surface area is 152 Å². The second kappa shape index (κ2) is 6.55. The molecule has 0 aromatic heterocycles. The van der Waals surface area contributed by atoms with Gasteiger partial charge in [-0.05, 0) is 24.6 Å². The SMILES string of the molecule is Cc1ccc(S(=O)(=O)N2C(/C=C/[Si](C)(C)C)C2c2ccccc2)cc1. The zero-order valence-electron chi connectivity index (χ0n) is 15.2. The normalized spacial score (nSPS) is 23.8. The molecule has 0 spiro atoms. The molecule has 0 radical (unpaired) electrons. The molecule has 0 N–H and O–H groups in total. The van der Waals surface area contributed by atoms with E-state index >= 15 is 0 Å². The monoisotopic (exact) mass is 371 g/mol. The van der Waals surface area contributed by atoms with Crippen molar-refractivity contribution in [3.05, 3.63) is 77.5 Å². The van der Waals surface area contributed by atoms with Crippen molar-refractivity contribution < 1.29 is 8.42 Å². The number of nitrogens with zero attached hydrogens (tertiary/aromatic N) is 1. The van der Waals surface area contributed by atoms with Crippen molar-refractivity contribution in [2.24, 2.45) is 0 Å². The zero-order chi connectivity index (χ0) is 18.2. The van der Waals surface area contributed by atoms with Gasteiger partial charge in [-0.25, -0.2) is 8.42 Å². The first-order valence-corrected chi connectivity index (χ1v) is 13.6. The van der Waals surface area contributed by atoms with Gasteiger partial charge in [-0.15, -0.1) is 0 Å². The molecule has 3 unspecified atom stereocenters. The molecule has 0 amide bonds. The quantitative estimate of drug-likeness (QED) is 0.571. The second-order valence-electron chi connectivity index (χ2n) is 7.72. The molecule has 1 aliphatic rings. The fraction of sp³-hybridized carbons (Fsp3) is 0.300. The molecule has 132 valence electrons. The molecular formula is C20H25NO2SSi. The van der Waals surface area contributed by atoms with Crippen LogP contribution < -0.4 is 0 Å². The van der Waals surface area contributed by atoms with E-state index in [1.165, 1.54) is 0 Å². The Balaban J connectivity index is 1.96. The number of benzene rings is 2. The third kappa shape index (κ3) is 3.94. The molecule has 3 atom stereocenters. The van der Waals surface area contributed by atoms with E-state index in [0.717, 1.165) is 11.1 Å². The Morgan fingerprint density at radius 3 is 2.12 bits per heavy atom. The molecule has 3 nitrogen and oxygen atoms in total. The highest BCUT2D eigenvalue weighted by Gasteiger charge is 2.54. The van der Waals surface area contributed by atoms with Gasteiger partial charge in [0.1, 0.15) is 0 Å². The number of sulfonamides is 1. The second-order valence-corrected chi connectivity index (χ2v) is 14.6. The van der Waals surface area contributed by atoms with Gasteiger partial charge in [0.25, 0.3) is 0 Å². The topological polar surface area (TPSA) is 37.1 Å². The molecule has 1 heterocycles. The van der Waals surface area contributed by atoms with E-state index in [-0.39, 0.29) is 12.1 Å². The number of rotatable bonds is 5. The molecule has 1 aliphatic heterocycles. The molecule has 2 aromatic rings. The molecule has 25 heavy (non-hydrogen) atoms. The molecule has 3 rings (SSSR count). The van der Waals surface area contributed by atoms with Gasteiger partial charge >= 0.3 is 0 Å². The van der Waals surface area contributed by atoms with E-state index < -0.39 is 18.1 Å². The molecular weight excluding hydrogens is 346 g/mol. The van der Waals surface area contributed by atoms with Crippen molar-refractivity contribution in [3.8, 4) is 0 Å². The maximum absolute atomic E-state index is 13.1. The lowest BCUT2D eigenvalue weighted by molar-refractivity contribution is 0.550. The van der Waals surface area contributed by atoms with Crippen LogP contribution in [0.3, 0.4) is 0 Å². The first-order chi connectivity index (χ1) is 11.7. The zero-order valence-corrected chi connectivity index (χ0v) is 17.0. The van der Waals surface area contributed by atoms with Crippen molar-refractivity contribution in [3.63, 3.8) is 0 Å². The minimum atomic E-state index is -3.50. The first kappa shape index (κ1) is 18.1. The average molecular weight is 372 g/mol. The van der Waals surface area contributed by atoms with Gasteiger partial charge in [-0.3, -0.25) is 0 Å². The van der Waals surface area contributed by atoms with Gasteiger partial charge in [0, 0.05) is 0 Å². The molecule has 0 aliphatic carbocycles. The van der Waals surface area contributed by atoms with Crippen LogP contribution in [0.15, 0.2) is 71.3 Å². The van der Waals surface area contributed by atoms with E-state index in [1.807, 2.05) is 49.4 Å². The third-order valence-electron chi connectivity index (χ3n) is 4.33. The van der Waals surface area contributed by atoms with Crippen LogP contribution >= 0.6 is 0 Å². The Morgan fingerprint density at radius 1 is 0.960 bits per heavy atom. The fourth-order valence-electron chi connectivity index (χ4n) is 2.94. The fourth-order valence-corrected chi connectivity index (χ4v) is 5.44. The van der Waals surface area contributed by atoms with Crippen molar-refractivity contribution in [2.75, 3.05) is 0 Å². The summed E-state index contributed by atoms with van der Waals surface area (Å²) in [6.07, 6.45) is 2.09. The van der Waals surface area contributed by atoms with Crippen molar-refractivity contribution in [2.45, 2.75) is 43.5 Å². The summed E-state index contributed by atoms with van der Waals surface area (Å²) in [4.78, 5) is 0.364. The summed E-state index contributed by atoms with van der Waals surface area (Å²) in [6.45, 7) is 8.72. The van der Waals surface area contributed by atoms with E-state index in [4.69, 9.17) is 0 Å². The predicted molar refractivity (Wildman–Crippen MR) is 106 cm³/mol. The van der Waals surface area contributed by atoms with Crippen LogP contribution in [0.5, 0.6) is 0 Å². The van der Waals surface area contributed by atoms with E-state index in [9.17, 15) is 8.42 Å². The molecule has 5 heteroatoms. The van der Waals surface area contributed by atoms with Crippen molar-refractivity contribution in [1.29, 1.82) is 0 Å². The van der Waals surface area contributed by atoms with Gasteiger partial charge in [0.15, 0.2) is 0 Å². The highest BCUT2D eigenvalue weighted by Crippen LogP contribution is 2.48. The van der Waals surface area contributed by atoms with Crippen LogP contribution in [0.2, 0.25) is 19.6 Å². The molecule has 1 fully saturated rings. The Hall–Kier alpha value is -1.69. The maximum atomic E-state index is 13.1. The van der Waals surface area contributed by atoms with Crippen LogP contribution in [-0.2, 0) is 10.0 Å². The minimum absolute atomic E-state index is 0.0968. The van der Waals surface area contributed by atoms with E-state index in [1.54, 1.807) is 16.4 Å². The van der Waals surface area contributed by atoms with Gasteiger partial charge < -0.3 is 0 Å². The summed E-state index contributed by atoms with van der Waals surface area (Å²) in [6, 6.07) is 16.8. The van der Waals surface area contributed by atoms with Crippen LogP contribution in [0.4, 0.5) is 0 Å². The lowest BCUT2D eigenvalue weighted by atomic mass is 10.1. The molecule has 1 saturated heterocycles. The smallest absolute Gasteiger partial charge is 0.207 e.